The van der Waals surface area contributed by atoms with Gasteiger partial charge in [-0.2, -0.15) is 0 Å². The molecule has 20 heavy (non-hydrogen) atoms. The molecule has 3 N–H and O–H groups in total. The highest BCUT2D eigenvalue weighted by Crippen LogP contribution is 2.09. The van der Waals surface area contributed by atoms with Gasteiger partial charge in [0.15, 0.2) is 0 Å². The Morgan fingerprint density at radius 1 is 1.35 bits per heavy atom. The van der Waals surface area contributed by atoms with E-state index in [9.17, 15) is 4.79 Å². The number of nitrogen functional groups attached to an aromatic ring is 1. The second-order valence-electron chi connectivity index (χ2n) is 4.38. The number of amides is 1. The quantitative estimate of drug-likeness (QED) is 0.865. The maximum Gasteiger partial charge on any atom is 0.251 e. The van der Waals surface area contributed by atoms with E-state index in [-0.39, 0.29) is 12.5 Å². The van der Waals surface area contributed by atoms with Crippen molar-refractivity contribution in [3.8, 4) is 0 Å². The van der Waals surface area contributed by atoms with Crippen LogP contribution in [0.4, 0.5) is 5.82 Å². The van der Waals surface area contributed by atoms with Gasteiger partial charge in [0.2, 0.25) is 5.89 Å². The van der Waals surface area contributed by atoms with Crippen molar-refractivity contribution in [2.24, 2.45) is 0 Å². The van der Waals surface area contributed by atoms with E-state index in [0.29, 0.717) is 17.3 Å². The molecule has 106 valence electrons. The monoisotopic (exact) mass is 274 g/mol. The number of hydrogen-bond acceptors (Lipinski definition) is 5. The SMILES string of the molecule is CCc1cc(C(=O)NCc2ncc(CC)o2)cc(N)n1. The maximum atomic E-state index is 12.1. The predicted molar refractivity (Wildman–Crippen MR) is 75.1 cm³/mol. The molecule has 0 aromatic carbocycles. The molecule has 0 unspecified atom stereocenters. The highest BCUT2D eigenvalue weighted by atomic mass is 16.4. The van der Waals surface area contributed by atoms with E-state index in [2.05, 4.69) is 15.3 Å². The van der Waals surface area contributed by atoms with Crippen molar-refractivity contribution in [3.63, 3.8) is 0 Å². The third-order valence-corrected chi connectivity index (χ3v) is 2.87. The Balaban J connectivity index is 2.02. The van der Waals surface area contributed by atoms with E-state index in [1.165, 1.54) is 0 Å². The average Bonchev–Trinajstić information content (AvgIpc) is 2.92. The highest BCUT2D eigenvalue weighted by Gasteiger charge is 2.10. The summed E-state index contributed by atoms with van der Waals surface area (Å²) in [4.78, 5) is 20.3. The van der Waals surface area contributed by atoms with E-state index in [4.69, 9.17) is 10.2 Å². The molecular weight excluding hydrogens is 256 g/mol. The predicted octanol–water partition coefficient (Wildman–Crippen LogP) is 1.71. The summed E-state index contributed by atoms with van der Waals surface area (Å²) in [6, 6.07) is 3.29. The number of carbonyl (C=O) groups excluding carboxylic acids is 1. The number of nitrogens with one attached hydrogen (secondary N) is 1. The van der Waals surface area contributed by atoms with Gasteiger partial charge in [-0.05, 0) is 18.6 Å². The molecule has 0 fully saturated rings. The van der Waals surface area contributed by atoms with E-state index in [1.807, 2.05) is 13.8 Å². The molecule has 6 nitrogen and oxygen atoms in total. The standard InChI is InChI=1S/C14H18N4O2/c1-3-10-5-9(6-12(15)18-10)14(19)17-8-13-16-7-11(4-2)20-13/h5-7H,3-4,8H2,1-2H3,(H2,15,18)(H,17,19). The van der Waals surface area contributed by atoms with Crippen LogP contribution in [0, 0.1) is 0 Å². The van der Waals surface area contributed by atoms with Crippen LogP contribution >= 0.6 is 0 Å². The number of aromatic nitrogens is 2. The minimum atomic E-state index is -0.218. The number of nitrogens with two attached hydrogens (primary N) is 1. The summed E-state index contributed by atoms with van der Waals surface area (Å²) in [5.74, 6) is 1.42. The zero-order valence-electron chi connectivity index (χ0n) is 11.6. The number of rotatable bonds is 5. The van der Waals surface area contributed by atoms with E-state index in [1.54, 1.807) is 18.3 Å². The van der Waals surface area contributed by atoms with Crippen LogP contribution in [0.25, 0.3) is 0 Å². The summed E-state index contributed by atoms with van der Waals surface area (Å²) in [5.41, 5.74) is 6.97. The molecule has 6 heteroatoms. The first kappa shape index (κ1) is 14.0. The van der Waals surface area contributed by atoms with Crippen molar-refractivity contribution in [1.82, 2.24) is 15.3 Å². The number of carbonyl (C=O) groups is 1. The van der Waals surface area contributed by atoms with Gasteiger partial charge in [-0.1, -0.05) is 13.8 Å². The molecule has 0 saturated heterocycles. The van der Waals surface area contributed by atoms with Gasteiger partial charge in [-0.3, -0.25) is 4.79 Å². The van der Waals surface area contributed by atoms with Crippen molar-refractivity contribution in [2.45, 2.75) is 33.2 Å². The second kappa shape index (κ2) is 6.18. The fourth-order valence-electron chi connectivity index (χ4n) is 1.77. The molecule has 2 heterocycles. The topological polar surface area (TPSA) is 94.0 Å². The van der Waals surface area contributed by atoms with Crippen molar-refractivity contribution in [2.75, 3.05) is 5.73 Å². The molecule has 0 saturated carbocycles. The molecule has 2 rings (SSSR count). The summed E-state index contributed by atoms with van der Waals surface area (Å²) in [6.07, 6.45) is 3.17. The highest BCUT2D eigenvalue weighted by molar-refractivity contribution is 5.94. The first-order valence-electron chi connectivity index (χ1n) is 6.60. The fraction of sp³-hybridized carbons (Fsp3) is 0.357. The Kier molecular flexibility index (Phi) is 4.34. The Morgan fingerprint density at radius 3 is 2.80 bits per heavy atom. The van der Waals surface area contributed by atoms with E-state index in [0.717, 1.165) is 24.3 Å². The summed E-state index contributed by atoms with van der Waals surface area (Å²) in [6.45, 7) is 4.19. The third kappa shape index (κ3) is 3.34. The van der Waals surface area contributed by atoms with Gasteiger partial charge in [0.05, 0.1) is 12.7 Å². The molecule has 1 amide bonds. The largest absolute Gasteiger partial charge is 0.444 e. The minimum Gasteiger partial charge on any atom is -0.444 e. The van der Waals surface area contributed by atoms with Crippen LogP contribution in [-0.4, -0.2) is 15.9 Å². The van der Waals surface area contributed by atoms with Crippen LogP contribution in [0.3, 0.4) is 0 Å². The maximum absolute atomic E-state index is 12.1. The first-order chi connectivity index (χ1) is 9.62. The molecule has 2 aromatic heterocycles. The smallest absolute Gasteiger partial charge is 0.251 e. The van der Waals surface area contributed by atoms with Gasteiger partial charge >= 0.3 is 0 Å². The number of aryl methyl sites for hydroxylation is 2. The van der Waals surface area contributed by atoms with E-state index < -0.39 is 0 Å². The Hall–Kier alpha value is -2.37. The minimum absolute atomic E-state index is 0.218. The van der Waals surface area contributed by atoms with Crippen LogP contribution in [0.15, 0.2) is 22.7 Å². The number of pyridine rings is 1. The Labute approximate surface area is 117 Å². The van der Waals surface area contributed by atoms with Gasteiger partial charge in [0.25, 0.3) is 5.91 Å². The van der Waals surface area contributed by atoms with Gasteiger partial charge in [-0.15, -0.1) is 0 Å². The first-order valence-corrected chi connectivity index (χ1v) is 6.60. The fourth-order valence-corrected chi connectivity index (χ4v) is 1.77. The molecule has 2 aromatic rings. The van der Waals surface area contributed by atoms with Crippen molar-refractivity contribution >= 4 is 11.7 Å². The average molecular weight is 274 g/mol. The lowest BCUT2D eigenvalue weighted by molar-refractivity contribution is 0.0947. The molecule has 0 radical (unpaired) electrons. The van der Waals surface area contributed by atoms with Crippen LogP contribution in [0.2, 0.25) is 0 Å². The molecular formula is C14H18N4O2. The van der Waals surface area contributed by atoms with Gasteiger partial charge in [0, 0.05) is 17.7 Å². The molecule has 0 aliphatic heterocycles. The Morgan fingerprint density at radius 2 is 2.15 bits per heavy atom. The second-order valence-corrected chi connectivity index (χ2v) is 4.38. The molecule has 0 spiro atoms. The van der Waals surface area contributed by atoms with Gasteiger partial charge in [-0.25, -0.2) is 9.97 Å². The number of anilines is 1. The van der Waals surface area contributed by atoms with Crippen molar-refractivity contribution < 1.29 is 9.21 Å². The molecule has 0 aliphatic rings. The normalized spacial score (nSPS) is 10.5. The summed E-state index contributed by atoms with van der Waals surface area (Å²) in [7, 11) is 0. The lowest BCUT2D eigenvalue weighted by atomic mass is 10.2. The lowest BCUT2D eigenvalue weighted by Gasteiger charge is -2.05. The molecule has 0 atom stereocenters. The Bertz CT molecular complexity index is 607. The van der Waals surface area contributed by atoms with Crippen LogP contribution in [0.1, 0.15) is 41.6 Å². The molecule has 0 bridgehead atoms. The number of hydrogen-bond donors (Lipinski definition) is 2. The number of nitrogens with zero attached hydrogens (tertiary/aromatic N) is 2. The zero-order valence-corrected chi connectivity index (χ0v) is 11.6. The zero-order chi connectivity index (χ0) is 14.5. The van der Waals surface area contributed by atoms with Crippen molar-refractivity contribution in [3.05, 3.63) is 41.2 Å². The van der Waals surface area contributed by atoms with Crippen molar-refractivity contribution in [1.29, 1.82) is 0 Å². The van der Waals surface area contributed by atoms with Crippen LogP contribution < -0.4 is 11.1 Å². The van der Waals surface area contributed by atoms with Crippen LogP contribution in [-0.2, 0) is 19.4 Å². The van der Waals surface area contributed by atoms with E-state index >= 15 is 0 Å². The summed E-state index contributed by atoms with van der Waals surface area (Å²) < 4.78 is 5.42. The third-order valence-electron chi connectivity index (χ3n) is 2.87. The summed E-state index contributed by atoms with van der Waals surface area (Å²) >= 11 is 0. The number of oxazole rings is 1. The van der Waals surface area contributed by atoms with Gasteiger partial charge in [0.1, 0.15) is 11.6 Å². The summed E-state index contributed by atoms with van der Waals surface area (Å²) in [5, 5.41) is 2.75. The van der Waals surface area contributed by atoms with Gasteiger partial charge < -0.3 is 15.5 Å². The lowest BCUT2D eigenvalue weighted by Crippen LogP contribution is -2.23. The van der Waals surface area contributed by atoms with Crippen LogP contribution in [0.5, 0.6) is 0 Å². The molecule has 0 aliphatic carbocycles.